The molecule has 0 heterocycles. The molecule has 1 nitrogen and oxygen atoms in total. The summed E-state index contributed by atoms with van der Waals surface area (Å²) in [5, 5.41) is 9.99. The second-order valence-electron chi connectivity index (χ2n) is 5.68. The van der Waals surface area contributed by atoms with Gasteiger partial charge in [0, 0.05) is 0 Å². The maximum atomic E-state index is 9.99. The van der Waals surface area contributed by atoms with E-state index in [1.165, 1.54) is 38.5 Å². The normalized spacial score (nSPS) is 35.2. The van der Waals surface area contributed by atoms with Crippen molar-refractivity contribution in [1.82, 2.24) is 0 Å². The van der Waals surface area contributed by atoms with Crippen LogP contribution in [0.15, 0.2) is 0 Å². The Kier molecular flexibility index (Phi) is 6.41. The van der Waals surface area contributed by atoms with Gasteiger partial charge >= 0.3 is 0 Å². The first kappa shape index (κ1) is 14.0. The number of hydrogen-bond donors (Lipinski definition) is 1. The van der Waals surface area contributed by atoms with Gasteiger partial charge in [0.1, 0.15) is 0 Å². The summed E-state index contributed by atoms with van der Waals surface area (Å²) in [6, 6.07) is 0. The van der Waals surface area contributed by atoms with Crippen molar-refractivity contribution in [3.63, 3.8) is 0 Å². The monoisotopic (exact) mass is 226 g/mol. The molecule has 2 unspecified atom stereocenters. The van der Waals surface area contributed by atoms with Gasteiger partial charge in [-0.3, -0.25) is 0 Å². The van der Waals surface area contributed by atoms with Crippen molar-refractivity contribution < 1.29 is 5.11 Å². The average Bonchev–Trinajstić information content (AvgIpc) is 2.24. The molecule has 1 heteroatoms. The maximum Gasteiger partial charge on any atom is 0.0545 e. The molecule has 1 aliphatic carbocycles. The molecule has 0 aromatic carbocycles. The van der Waals surface area contributed by atoms with E-state index in [2.05, 4.69) is 20.8 Å². The van der Waals surface area contributed by atoms with Gasteiger partial charge in [-0.1, -0.05) is 59.3 Å². The Morgan fingerprint density at radius 3 is 1.62 bits per heavy atom. The van der Waals surface area contributed by atoms with Crippen LogP contribution in [0, 0.1) is 17.8 Å². The summed E-state index contributed by atoms with van der Waals surface area (Å²) in [6.07, 6.45) is 10.00. The lowest BCUT2D eigenvalue weighted by Crippen LogP contribution is -2.35. The largest absolute Gasteiger partial charge is 0.393 e. The molecule has 0 amide bonds. The topological polar surface area (TPSA) is 20.2 Å². The summed E-state index contributed by atoms with van der Waals surface area (Å²) in [4.78, 5) is 0. The van der Waals surface area contributed by atoms with Crippen molar-refractivity contribution in [2.24, 2.45) is 17.8 Å². The lowest BCUT2D eigenvalue weighted by molar-refractivity contribution is 0.0160. The molecule has 0 aromatic rings. The van der Waals surface area contributed by atoms with Crippen LogP contribution in [0.4, 0.5) is 0 Å². The summed E-state index contributed by atoms with van der Waals surface area (Å²) >= 11 is 0. The minimum absolute atomic E-state index is 0.0128. The highest BCUT2D eigenvalue weighted by Gasteiger charge is 2.35. The zero-order valence-electron chi connectivity index (χ0n) is 11.4. The Hall–Kier alpha value is -0.0400. The fourth-order valence-corrected chi connectivity index (χ4v) is 3.74. The van der Waals surface area contributed by atoms with E-state index in [1.807, 2.05) is 0 Å². The molecule has 96 valence electrons. The Labute approximate surface area is 102 Å². The summed E-state index contributed by atoms with van der Waals surface area (Å²) in [6.45, 7) is 6.86. The van der Waals surface area contributed by atoms with Crippen molar-refractivity contribution in [3.05, 3.63) is 0 Å². The van der Waals surface area contributed by atoms with Crippen LogP contribution in [-0.2, 0) is 0 Å². The molecule has 1 fully saturated rings. The molecule has 1 saturated carbocycles. The van der Waals surface area contributed by atoms with Crippen LogP contribution in [0.3, 0.4) is 0 Å². The molecule has 2 atom stereocenters. The van der Waals surface area contributed by atoms with Crippen LogP contribution in [0.25, 0.3) is 0 Å². The smallest absolute Gasteiger partial charge is 0.0545 e. The van der Waals surface area contributed by atoms with Gasteiger partial charge in [0.2, 0.25) is 0 Å². The van der Waals surface area contributed by atoms with E-state index in [9.17, 15) is 5.11 Å². The molecule has 0 radical (unpaired) electrons. The quantitative estimate of drug-likeness (QED) is 0.712. The molecule has 1 rings (SSSR count). The zero-order valence-corrected chi connectivity index (χ0v) is 11.4. The summed E-state index contributed by atoms with van der Waals surface area (Å²) < 4.78 is 0. The number of hydrogen-bond acceptors (Lipinski definition) is 1. The minimum atomic E-state index is -0.0128. The number of rotatable bonds is 6. The van der Waals surface area contributed by atoms with Crippen molar-refractivity contribution in [1.29, 1.82) is 0 Å². The van der Waals surface area contributed by atoms with E-state index >= 15 is 0 Å². The molecule has 1 N–H and O–H groups in total. The van der Waals surface area contributed by atoms with Crippen LogP contribution in [0.2, 0.25) is 0 Å². The van der Waals surface area contributed by atoms with Gasteiger partial charge in [-0.25, -0.2) is 0 Å². The van der Waals surface area contributed by atoms with Crippen molar-refractivity contribution >= 4 is 0 Å². The van der Waals surface area contributed by atoms with Gasteiger partial charge in [-0.05, 0) is 30.6 Å². The van der Waals surface area contributed by atoms with Gasteiger partial charge in [-0.2, -0.15) is 0 Å². The number of aliphatic hydroxyl groups is 1. The molecular weight excluding hydrogens is 196 g/mol. The third kappa shape index (κ3) is 3.76. The van der Waals surface area contributed by atoms with E-state index < -0.39 is 0 Å². The fraction of sp³-hybridized carbons (Fsp3) is 1.00. The van der Waals surface area contributed by atoms with Gasteiger partial charge in [0.05, 0.1) is 6.10 Å². The Bertz CT molecular complexity index is 162. The third-order valence-electron chi connectivity index (χ3n) is 4.30. The van der Waals surface area contributed by atoms with Crippen LogP contribution >= 0.6 is 0 Å². The second kappa shape index (κ2) is 7.32. The molecule has 0 aliphatic heterocycles. The van der Waals surface area contributed by atoms with E-state index in [4.69, 9.17) is 0 Å². The molecule has 1 aliphatic rings. The third-order valence-corrected chi connectivity index (χ3v) is 4.30. The van der Waals surface area contributed by atoms with Crippen molar-refractivity contribution in [2.75, 3.05) is 0 Å². The van der Waals surface area contributed by atoms with Crippen LogP contribution < -0.4 is 0 Å². The molecule has 16 heavy (non-hydrogen) atoms. The lowest BCUT2D eigenvalue weighted by atomic mass is 9.66. The van der Waals surface area contributed by atoms with Gasteiger partial charge in [0.15, 0.2) is 0 Å². The highest BCUT2D eigenvalue weighted by atomic mass is 16.3. The zero-order chi connectivity index (χ0) is 12.0. The summed E-state index contributed by atoms with van der Waals surface area (Å²) in [7, 11) is 0. The highest BCUT2D eigenvalue weighted by molar-refractivity contribution is 4.85. The molecule has 0 aromatic heterocycles. The van der Waals surface area contributed by atoms with Crippen LogP contribution in [-0.4, -0.2) is 11.2 Å². The average molecular weight is 226 g/mol. The van der Waals surface area contributed by atoms with E-state index in [-0.39, 0.29) is 6.10 Å². The molecular formula is C15H30O. The number of aliphatic hydroxyl groups excluding tert-OH is 1. The first-order valence-corrected chi connectivity index (χ1v) is 7.40. The molecule has 0 saturated heterocycles. The van der Waals surface area contributed by atoms with E-state index in [0.29, 0.717) is 0 Å². The van der Waals surface area contributed by atoms with Gasteiger partial charge in [0.25, 0.3) is 0 Å². The van der Waals surface area contributed by atoms with E-state index in [0.717, 1.165) is 30.6 Å². The summed E-state index contributed by atoms with van der Waals surface area (Å²) in [5.41, 5.74) is 0. The van der Waals surface area contributed by atoms with Crippen molar-refractivity contribution in [3.8, 4) is 0 Å². The predicted octanol–water partition coefficient (Wildman–Crippen LogP) is 4.39. The fourth-order valence-electron chi connectivity index (χ4n) is 3.74. The first-order chi connectivity index (χ1) is 7.72. The Morgan fingerprint density at radius 2 is 1.25 bits per heavy atom. The second-order valence-corrected chi connectivity index (χ2v) is 5.68. The Morgan fingerprint density at radius 1 is 0.812 bits per heavy atom. The lowest BCUT2D eigenvalue weighted by Gasteiger charge is -2.41. The highest BCUT2D eigenvalue weighted by Crippen LogP contribution is 2.42. The Balaban J connectivity index is 2.63. The summed E-state index contributed by atoms with van der Waals surface area (Å²) in [5.74, 6) is 2.49. The predicted molar refractivity (Wildman–Crippen MR) is 70.4 cm³/mol. The van der Waals surface area contributed by atoms with E-state index in [1.54, 1.807) is 0 Å². The standard InChI is InChI=1S/C15H30O/c1-4-7-12-10-14(16)11-13(8-5-2)15(12)9-6-3/h12-16H,4-11H2,1-3H3. The van der Waals surface area contributed by atoms with Gasteiger partial charge in [-0.15, -0.1) is 0 Å². The van der Waals surface area contributed by atoms with Crippen LogP contribution in [0.1, 0.15) is 72.1 Å². The van der Waals surface area contributed by atoms with Crippen LogP contribution in [0.5, 0.6) is 0 Å². The minimum Gasteiger partial charge on any atom is -0.393 e. The molecule has 0 spiro atoms. The van der Waals surface area contributed by atoms with Crippen molar-refractivity contribution in [2.45, 2.75) is 78.2 Å². The first-order valence-electron chi connectivity index (χ1n) is 7.40. The molecule has 0 bridgehead atoms. The maximum absolute atomic E-state index is 9.99. The SMILES string of the molecule is CCCC1CC(O)CC(CCC)C1CCC. The van der Waals surface area contributed by atoms with Gasteiger partial charge < -0.3 is 5.11 Å².